The van der Waals surface area contributed by atoms with Crippen molar-refractivity contribution in [2.75, 3.05) is 13.1 Å². The first kappa shape index (κ1) is 15.8. The summed E-state index contributed by atoms with van der Waals surface area (Å²) < 4.78 is 1.88. The Kier molecular flexibility index (Phi) is 5.57. The average Bonchev–Trinajstić information content (AvgIpc) is 2.83. The quantitative estimate of drug-likeness (QED) is 0.846. The predicted octanol–water partition coefficient (Wildman–Crippen LogP) is 3.30. The van der Waals surface area contributed by atoms with Gasteiger partial charge in [0.2, 0.25) is 0 Å². The Bertz CT molecular complexity index is 557. The number of aromatic nitrogens is 2. The Balaban J connectivity index is 2.12. The van der Waals surface area contributed by atoms with Crippen LogP contribution in [0.15, 0.2) is 36.7 Å². The first-order chi connectivity index (χ1) is 10.1. The van der Waals surface area contributed by atoms with Crippen molar-refractivity contribution in [2.45, 2.75) is 33.1 Å². The molecule has 2 rings (SSSR count). The molecule has 0 bridgehead atoms. The van der Waals surface area contributed by atoms with Crippen LogP contribution in [0.2, 0.25) is 0 Å². The molecule has 0 aliphatic rings. The molecule has 0 amide bonds. The Morgan fingerprint density at radius 3 is 2.57 bits per heavy atom. The second-order valence-corrected chi connectivity index (χ2v) is 6.33. The van der Waals surface area contributed by atoms with Gasteiger partial charge in [0.25, 0.3) is 0 Å². The van der Waals surface area contributed by atoms with Gasteiger partial charge in [0.1, 0.15) is 0 Å². The molecule has 21 heavy (non-hydrogen) atoms. The number of rotatable bonds is 7. The first-order valence-corrected chi connectivity index (χ1v) is 7.80. The third-order valence-corrected chi connectivity index (χ3v) is 3.81. The van der Waals surface area contributed by atoms with E-state index in [-0.39, 0.29) is 0 Å². The van der Waals surface area contributed by atoms with Gasteiger partial charge < -0.3 is 5.32 Å². The Hall–Kier alpha value is -1.61. The van der Waals surface area contributed by atoms with Crippen LogP contribution in [0.4, 0.5) is 0 Å². The number of aryl methyl sites for hydroxylation is 2. The maximum atomic E-state index is 4.29. The van der Waals surface area contributed by atoms with E-state index in [1.807, 2.05) is 17.9 Å². The SMILES string of the molecule is Cc1ccccc1C(CNCC(C)C)Cc1cnn(C)c1. The fourth-order valence-corrected chi connectivity index (χ4v) is 2.74. The first-order valence-electron chi connectivity index (χ1n) is 7.80. The minimum absolute atomic E-state index is 0.495. The molecule has 0 saturated carbocycles. The summed E-state index contributed by atoms with van der Waals surface area (Å²) >= 11 is 0. The van der Waals surface area contributed by atoms with Crippen molar-refractivity contribution >= 4 is 0 Å². The molecular formula is C18H27N3. The molecule has 0 aliphatic heterocycles. The third kappa shape index (κ3) is 4.71. The molecule has 0 radical (unpaired) electrons. The molecule has 1 aromatic carbocycles. The molecular weight excluding hydrogens is 258 g/mol. The fourth-order valence-electron chi connectivity index (χ4n) is 2.74. The summed E-state index contributed by atoms with van der Waals surface area (Å²) in [5.41, 5.74) is 4.12. The topological polar surface area (TPSA) is 29.9 Å². The van der Waals surface area contributed by atoms with Crippen molar-refractivity contribution in [3.05, 3.63) is 53.3 Å². The zero-order chi connectivity index (χ0) is 15.2. The van der Waals surface area contributed by atoms with E-state index in [9.17, 15) is 0 Å². The second kappa shape index (κ2) is 7.41. The monoisotopic (exact) mass is 285 g/mol. The van der Waals surface area contributed by atoms with Gasteiger partial charge in [0, 0.05) is 25.7 Å². The molecule has 1 aromatic heterocycles. The maximum absolute atomic E-state index is 4.29. The average molecular weight is 285 g/mol. The number of hydrogen-bond acceptors (Lipinski definition) is 2. The summed E-state index contributed by atoms with van der Waals surface area (Å²) in [4.78, 5) is 0. The highest BCUT2D eigenvalue weighted by atomic mass is 15.2. The summed E-state index contributed by atoms with van der Waals surface area (Å²) in [6.07, 6.45) is 5.13. The number of benzene rings is 1. The number of nitrogens with one attached hydrogen (secondary N) is 1. The van der Waals surface area contributed by atoms with E-state index in [2.05, 4.69) is 61.6 Å². The zero-order valence-corrected chi connectivity index (χ0v) is 13.6. The van der Waals surface area contributed by atoms with Crippen LogP contribution in [-0.2, 0) is 13.5 Å². The van der Waals surface area contributed by atoms with Crippen LogP contribution in [-0.4, -0.2) is 22.9 Å². The van der Waals surface area contributed by atoms with Crippen LogP contribution in [0.5, 0.6) is 0 Å². The lowest BCUT2D eigenvalue weighted by Gasteiger charge is -2.20. The lowest BCUT2D eigenvalue weighted by molar-refractivity contribution is 0.513. The fraction of sp³-hybridized carbons (Fsp3) is 0.500. The highest BCUT2D eigenvalue weighted by Crippen LogP contribution is 2.23. The molecule has 1 atom stereocenters. The normalized spacial score (nSPS) is 12.8. The summed E-state index contributed by atoms with van der Waals surface area (Å²) in [6, 6.07) is 8.71. The molecule has 1 heterocycles. The standard InChI is InChI=1S/C18H27N3/c1-14(2)10-19-12-17(9-16-11-20-21(4)13-16)18-8-6-5-7-15(18)3/h5-8,11,13-14,17,19H,9-10,12H2,1-4H3. The van der Waals surface area contributed by atoms with Crippen LogP contribution in [0.25, 0.3) is 0 Å². The Morgan fingerprint density at radius 1 is 1.19 bits per heavy atom. The van der Waals surface area contributed by atoms with Crippen LogP contribution < -0.4 is 5.32 Å². The van der Waals surface area contributed by atoms with Gasteiger partial charge in [-0.05, 0) is 42.5 Å². The van der Waals surface area contributed by atoms with E-state index in [1.54, 1.807) is 0 Å². The zero-order valence-electron chi connectivity index (χ0n) is 13.6. The van der Waals surface area contributed by atoms with Crippen molar-refractivity contribution in [2.24, 2.45) is 13.0 Å². The summed E-state index contributed by atoms with van der Waals surface area (Å²) in [6.45, 7) is 8.77. The van der Waals surface area contributed by atoms with Gasteiger partial charge in [-0.15, -0.1) is 0 Å². The molecule has 0 fully saturated rings. The van der Waals surface area contributed by atoms with Crippen LogP contribution in [0.3, 0.4) is 0 Å². The molecule has 0 saturated heterocycles. The van der Waals surface area contributed by atoms with E-state index in [0.717, 1.165) is 19.5 Å². The van der Waals surface area contributed by atoms with Crippen molar-refractivity contribution < 1.29 is 0 Å². The molecule has 0 aliphatic carbocycles. The van der Waals surface area contributed by atoms with Gasteiger partial charge in [-0.25, -0.2) is 0 Å². The summed E-state index contributed by atoms with van der Waals surface area (Å²) in [7, 11) is 1.98. The van der Waals surface area contributed by atoms with E-state index in [4.69, 9.17) is 0 Å². The summed E-state index contributed by atoms with van der Waals surface area (Å²) in [5.74, 6) is 1.18. The van der Waals surface area contributed by atoms with Crippen molar-refractivity contribution in [3.8, 4) is 0 Å². The van der Waals surface area contributed by atoms with Crippen molar-refractivity contribution in [1.29, 1.82) is 0 Å². The highest BCUT2D eigenvalue weighted by molar-refractivity contribution is 5.31. The number of nitrogens with zero attached hydrogens (tertiary/aromatic N) is 2. The van der Waals surface area contributed by atoms with E-state index in [1.165, 1.54) is 16.7 Å². The molecule has 1 unspecified atom stereocenters. The Labute approximate surface area is 128 Å². The van der Waals surface area contributed by atoms with E-state index >= 15 is 0 Å². The van der Waals surface area contributed by atoms with E-state index in [0.29, 0.717) is 11.8 Å². The van der Waals surface area contributed by atoms with Gasteiger partial charge in [-0.2, -0.15) is 5.10 Å². The van der Waals surface area contributed by atoms with Crippen LogP contribution >= 0.6 is 0 Å². The van der Waals surface area contributed by atoms with Crippen LogP contribution in [0, 0.1) is 12.8 Å². The minimum Gasteiger partial charge on any atom is -0.316 e. The Morgan fingerprint density at radius 2 is 1.95 bits per heavy atom. The van der Waals surface area contributed by atoms with Crippen molar-refractivity contribution in [3.63, 3.8) is 0 Å². The van der Waals surface area contributed by atoms with Crippen molar-refractivity contribution in [1.82, 2.24) is 15.1 Å². The van der Waals surface area contributed by atoms with Gasteiger partial charge in [-0.3, -0.25) is 4.68 Å². The smallest absolute Gasteiger partial charge is 0.0521 e. The molecule has 0 spiro atoms. The largest absolute Gasteiger partial charge is 0.316 e. The van der Waals surface area contributed by atoms with E-state index < -0.39 is 0 Å². The van der Waals surface area contributed by atoms with Gasteiger partial charge >= 0.3 is 0 Å². The predicted molar refractivity (Wildman–Crippen MR) is 88.5 cm³/mol. The van der Waals surface area contributed by atoms with Gasteiger partial charge in [-0.1, -0.05) is 38.1 Å². The minimum atomic E-state index is 0.495. The highest BCUT2D eigenvalue weighted by Gasteiger charge is 2.15. The molecule has 114 valence electrons. The third-order valence-electron chi connectivity index (χ3n) is 3.81. The van der Waals surface area contributed by atoms with Crippen LogP contribution in [0.1, 0.15) is 36.5 Å². The lowest BCUT2D eigenvalue weighted by Crippen LogP contribution is -2.26. The van der Waals surface area contributed by atoms with Gasteiger partial charge in [0.15, 0.2) is 0 Å². The summed E-state index contributed by atoms with van der Waals surface area (Å²) in [5, 5.41) is 7.90. The second-order valence-electron chi connectivity index (χ2n) is 6.33. The lowest BCUT2D eigenvalue weighted by atomic mass is 9.90. The molecule has 2 aromatic rings. The molecule has 1 N–H and O–H groups in total. The van der Waals surface area contributed by atoms with Gasteiger partial charge in [0.05, 0.1) is 6.20 Å². The molecule has 3 heteroatoms. The maximum Gasteiger partial charge on any atom is 0.0521 e. The molecule has 3 nitrogen and oxygen atoms in total. The number of hydrogen-bond donors (Lipinski definition) is 1.